The molecule has 128 valence electrons. The van der Waals surface area contributed by atoms with Crippen molar-refractivity contribution in [3.63, 3.8) is 0 Å². The first-order valence-corrected chi connectivity index (χ1v) is 9.14. The van der Waals surface area contributed by atoms with Crippen LogP contribution in [-0.4, -0.2) is 59.4 Å². The van der Waals surface area contributed by atoms with Crippen LogP contribution in [0.25, 0.3) is 0 Å². The summed E-state index contributed by atoms with van der Waals surface area (Å²) in [5, 5.41) is 3.62. The quantitative estimate of drug-likeness (QED) is 0.898. The lowest BCUT2D eigenvalue weighted by Crippen LogP contribution is -2.67. The number of piperazine rings is 1. The van der Waals surface area contributed by atoms with Crippen molar-refractivity contribution in [1.29, 1.82) is 0 Å². The molecule has 4 rings (SSSR count). The van der Waals surface area contributed by atoms with Crippen molar-refractivity contribution in [2.45, 2.75) is 50.2 Å². The van der Waals surface area contributed by atoms with Crippen LogP contribution in [0, 0.1) is 0 Å². The lowest BCUT2D eigenvalue weighted by atomic mass is 9.82. The summed E-state index contributed by atoms with van der Waals surface area (Å²) in [5.41, 5.74) is 0.762. The Morgan fingerprint density at radius 3 is 2.58 bits per heavy atom. The van der Waals surface area contributed by atoms with Crippen molar-refractivity contribution in [1.82, 2.24) is 15.1 Å². The van der Waals surface area contributed by atoms with Gasteiger partial charge in [-0.05, 0) is 37.8 Å². The second kappa shape index (κ2) is 6.55. The standard InChI is InChI=1S/C19H25N3O2/c23-17-10-5-12-21(17)15-8-4-9-16-18(15)20-11-13-22(16)19(24)14-6-2-1-3-7-14/h1-3,6-7,15-16,18,20H,4-5,8-13H2/t15-,16-,18+/m0/s1. The second-order valence-electron chi connectivity index (χ2n) is 7.10. The van der Waals surface area contributed by atoms with Gasteiger partial charge in [-0.15, -0.1) is 0 Å². The minimum atomic E-state index is 0.125. The Kier molecular flexibility index (Phi) is 4.27. The molecule has 1 saturated carbocycles. The molecule has 0 spiro atoms. The predicted molar refractivity (Wildman–Crippen MR) is 91.6 cm³/mol. The fourth-order valence-corrected chi connectivity index (χ4v) is 4.66. The van der Waals surface area contributed by atoms with Gasteiger partial charge >= 0.3 is 0 Å². The first kappa shape index (κ1) is 15.6. The molecule has 0 unspecified atom stereocenters. The Bertz CT molecular complexity index is 618. The van der Waals surface area contributed by atoms with Gasteiger partial charge in [-0.25, -0.2) is 0 Å². The van der Waals surface area contributed by atoms with E-state index in [9.17, 15) is 9.59 Å². The van der Waals surface area contributed by atoms with Gasteiger partial charge in [-0.3, -0.25) is 9.59 Å². The van der Waals surface area contributed by atoms with Gasteiger partial charge in [0, 0.05) is 49.7 Å². The van der Waals surface area contributed by atoms with E-state index in [1.54, 1.807) is 0 Å². The van der Waals surface area contributed by atoms with E-state index in [1.165, 1.54) is 0 Å². The molecule has 2 amide bonds. The van der Waals surface area contributed by atoms with Crippen LogP contribution in [0.2, 0.25) is 0 Å². The number of carbonyl (C=O) groups is 2. The van der Waals surface area contributed by atoms with Gasteiger partial charge in [-0.1, -0.05) is 18.2 Å². The molecule has 1 aromatic carbocycles. The van der Waals surface area contributed by atoms with Gasteiger partial charge in [0.15, 0.2) is 0 Å². The van der Waals surface area contributed by atoms with Crippen LogP contribution >= 0.6 is 0 Å². The summed E-state index contributed by atoms with van der Waals surface area (Å²) in [6.45, 7) is 2.43. The summed E-state index contributed by atoms with van der Waals surface area (Å²) >= 11 is 0. The molecule has 0 aromatic heterocycles. The van der Waals surface area contributed by atoms with E-state index in [4.69, 9.17) is 0 Å². The van der Waals surface area contributed by atoms with Crippen LogP contribution in [0.1, 0.15) is 42.5 Å². The maximum atomic E-state index is 13.0. The minimum absolute atomic E-state index is 0.125. The van der Waals surface area contributed by atoms with Gasteiger partial charge in [0.25, 0.3) is 5.91 Å². The maximum Gasteiger partial charge on any atom is 0.254 e. The minimum Gasteiger partial charge on any atom is -0.338 e. The predicted octanol–water partition coefficient (Wildman–Crippen LogP) is 1.64. The largest absolute Gasteiger partial charge is 0.338 e. The third-order valence-electron chi connectivity index (χ3n) is 5.75. The summed E-state index contributed by atoms with van der Waals surface area (Å²) in [6, 6.07) is 10.2. The van der Waals surface area contributed by atoms with E-state index in [0.717, 1.165) is 50.9 Å². The van der Waals surface area contributed by atoms with Crippen LogP contribution in [0.5, 0.6) is 0 Å². The zero-order valence-corrected chi connectivity index (χ0v) is 14.0. The maximum absolute atomic E-state index is 13.0. The summed E-state index contributed by atoms with van der Waals surface area (Å²) in [6.07, 6.45) is 4.80. The third-order valence-corrected chi connectivity index (χ3v) is 5.75. The molecule has 3 atom stereocenters. The third kappa shape index (κ3) is 2.71. The molecule has 1 N–H and O–H groups in total. The lowest BCUT2D eigenvalue weighted by Gasteiger charge is -2.50. The van der Waals surface area contributed by atoms with E-state index in [1.807, 2.05) is 35.2 Å². The van der Waals surface area contributed by atoms with Crippen molar-refractivity contribution in [2.24, 2.45) is 0 Å². The van der Waals surface area contributed by atoms with Crippen molar-refractivity contribution in [3.05, 3.63) is 35.9 Å². The molecule has 5 nitrogen and oxygen atoms in total. The SMILES string of the molecule is O=C1CCCN1[C@H]1CCC[C@H]2[C@@H]1NCCN2C(=O)c1ccccc1. The number of nitrogens with one attached hydrogen (secondary N) is 1. The Hall–Kier alpha value is -1.88. The molecule has 0 bridgehead atoms. The van der Waals surface area contributed by atoms with E-state index >= 15 is 0 Å². The number of nitrogens with zero attached hydrogens (tertiary/aromatic N) is 2. The number of hydrogen-bond acceptors (Lipinski definition) is 3. The van der Waals surface area contributed by atoms with Gasteiger partial charge in [0.2, 0.25) is 5.91 Å². The second-order valence-corrected chi connectivity index (χ2v) is 7.10. The van der Waals surface area contributed by atoms with E-state index in [2.05, 4.69) is 10.2 Å². The first-order chi connectivity index (χ1) is 11.8. The van der Waals surface area contributed by atoms with Crippen molar-refractivity contribution in [3.8, 4) is 0 Å². The molecule has 0 radical (unpaired) electrons. The Morgan fingerprint density at radius 2 is 1.83 bits per heavy atom. The van der Waals surface area contributed by atoms with Crippen molar-refractivity contribution >= 4 is 11.8 Å². The van der Waals surface area contributed by atoms with E-state index in [0.29, 0.717) is 6.42 Å². The molecule has 3 fully saturated rings. The lowest BCUT2D eigenvalue weighted by molar-refractivity contribution is -0.131. The zero-order chi connectivity index (χ0) is 16.5. The van der Waals surface area contributed by atoms with Crippen molar-refractivity contribution in [2.75, 3.05) is 19.6 Å². The number of likely N-dealkylation sites (tertiary alicyclic amines) is 1. The number of rotatable bonds is 2. The van der Waals surface area contributed by atoms with Crippen LogP contribution in [0.4, 0.5) is 0 Å². The highest BCUT2D eigenvalue weighted by molar-refractivity contribution is 5.94. The molecule has 3 aliphatic rings. The fraction of sp³-hybridized carbons (Fsp3) is 0.579. The van der Waals surface area contributed by atoms with E-state index < -0.39 is 0 Å². The Balaban J connectivity index is 1.56. The number of benzene rings is 1. The Morgan fingerprint density at radius 1 is 1.04 bits per heavy atom. The number of amides is 2. The van der Waals surface area contributed by atoms with Crippen LogP contribution < -0.4 is 5.32 Å². The number of hydrogen-bond donors (Lipinski definition) is 1. The normalized spacial score (nSPS) is 30.3. The highest BCUT2D eigenvalue weighted by atomic mass is 16.2. The van der Waals surface area contributed by atoms with Gasteiger partial charge < -0.3 is 15.1 Å². The summed E-state index contributed by atoms with van der Waals surface area (Å²) in [4.78, 5) is 29.3. The molecule has 5 heteroatoms. The van der Waals surface area contributed by atoms with Gasteiger partial charge in [-0.2, -0.15) is 0 Å². The molecular weight excluding hydrogens is 302 g/mol. The highest BCUT2D eigenvalue weighted by Gasteiger charge is 2.44. The molecule has 24 heavy (non-hydrogen) atoms. The average molecular weight is 327 g/mol. The summed E-state index contributed by atoms with van der Waals surface area (Å²) < 4.78 is 0. The zero-order valence-electron chi connectivity index (χ0n) is 14.0. The van der Waals surface area contributed by atoms with E-state index in [-0.39, 0.29) is 29.9 Å². The van der Waals surface area contributed by atoms with Crippen molar-refractivity contribution < 1.29 is 9.59 Å². The summed E-state index contributed by atoms with van der Waals surface area (Å²) in [5.74, 6) is 0.412. The monoisotopic (exact) mass is 327 g/mol. The number of fused-ring (bicyclic) bond motifs is 1. The molecule has 1 aromatic rings. The fourth-order valence-electron chi connectivity index (χ4n) is 4.66. The number of carbonyl (C=O) groups excluding carboxylic acids is 2. The smallest absolute Gasteiger partial charge is 0.254 e. The highest BCUT2D eigenvalue weighted by Crippen LogP contribution is 2.32. The summed E-state index contributed by atoms with van der Waals surface area (Å²) in [7, 11) is 0. The molecule has 2 aliphatic heterocycles. The topological polar surface area (TPSA) is 52.7 Å². The molecule has 2 saturated heterocycles. The van der Waals surface area contributed by atoms with Crippen LogP contribution in [-0.2, 0) is 4.79 Å². The van der Waals surface area contributed by atoms with Gasteiger partial charge in [0.1, 0.15) is 0 Å². The molecule has 1 aliphatic carbocycles. The van der Waals surface area contributed by atoms with Gasteiger partial charge in [0.05, 0.1) is 0 Å². The van der Waals surface area contributed by atoms with Crippen LogP contribution in [0.3, 0.4) is 0 Å². The molecule has 2 heterocycles. The first-order valence-electron chi connectivity index (χ1n) is 9.14. The average Bonchev–Trinajstić information content (AvgIpc) is 3.06. The Labute approximate surface area is 143 Å². The molecular formula is C19H25N3O2. The van der Waals surface area contributed by atoms with Crippen LogP contribution in [0.15, 0.2) is 30.3 Å².